The summed E-state index contributed by atoms with van der Waals surface area (Å²) in [5.74, 6) is -0.0553. The third-order valence-corrected chi connectivity index (χ3v) is 5.41. The summed E-state index contributed by atoms with van der Waals surface area (Å²) in [5, 5.41) is 3.10. The van der Waals surface area contributed by atoms with Crippen LogP contribution in [-0.2, 0) is 16.1 Å². The molecule has 29 heavy (non-hydrogen) atoms. The molecule has 1 saturated heterocycles. The highest BCUT2D eigenvalue weighted by molar-refractivity contribution is 6.05. The van der Waals surface area contributed by atoms with Gasteiger partial charge in [0.1, 0.15) is 11.9 Å². The highest BCUT2D eigenvalue weighted by Crippen LogP contribution is 2.31. The van der Waals surface area contributed by atoms with Gasteiger partial charge in [0.25, 0.3) is 5.91 Å². The van der Waals surface area contributed by atoms with E-state index in [-0.39, 0.29) is 18.2 Å². The normalized spacial score (nSPS) is 18.8. The predicted octanol–water partition coefficient (Wildman–Crippen LogP) is 1.64. The van der Waals surface area contributed by atoms with Gasteiger partial charge in [-0.15, -0.1) is 0 Å². The van der Waals surface area contributed by atoms with Gasteiger partial charge in [0.15, 0.2) is 5.82 Å². The summed E-state index contributed by atoms with van der Waals surface area (Å²) in [6.07, 6.45) is 0.563. The fourth-order valence-electron chi connectivity index (χ4n) is 3.94. The number of imide groups is 1. The van der Waals surface area contributed by atoms with E-state index in [2.05, 4.69) is 15.3 Å². The number of carbonyl (C=O) groups is 3. The van der Waals surface area contributed by atoms with Crippen LogP contribution in [0.2, 0.25) is 0 Å². The molecular weight excluding hydrogens is 370 g/mol. The number of hydrogen-bond donors (Lipinski definition) is 2. The first-order valence-corrected chi connectivity index (χ1v) is 9.31. The Labute approximate surface area is 165 Å². The molecule has 0 radical (unpaired) electrons. The molecule has 1 unspecified atom stereocenters. The zero-order chi connectivity index (χ0) is 20.1. The largest absolute Gasteiger partial charge is 0.383 e. The number of anilines is 1. The molecule has 0 aliphatic carbocycles. The molecule has 3 heterocycles. The molecule has 0 bridgehead atoms. The minimum absolute atomic E-state index is 0.208. The Bertz CT molecular complexity index is 1210. The molecule has 2 aliphatic heterocycles. The fourth-order valence-corrected chi connectivity index (χ4v) is 3.94. The molecule has 144 valence electrons. The quantitative estimate of drug-likeness (QED) is 0.646. The van der Waals surface area contributed by atoms with Crippen molar-refractivity contribution in [2.75, 3.05) is 5.73 Å². The predicted molar refractivity (Wildman–Crippen MR) is 105 cm³/mol. The number of nitrogens with zero attached hydrogens (tertiary/aromatic N) is 3. The molecule has 1 aromatic heterocycles. The Kier molecular flexibility index (Phi) is 3.80. The molecule has 2 aliphatic rings. The van der Waals surface area contributed by atoms with Crippen molar-refractivity contribution >= 4 is 34.4 Å². The van der Waals surface area contributed by atoms with Crippen molar-refractivity contribution < 1.29 is 14.4 Å². The Balaban J connectivity index is 1.49. The Morgan fingerprint density at radius 3 is 2.72 bits per heavy atom. The number of piperidine rings is 1. The maximum atomic E-state index is 12.8. The fraction of sp³-hybridized carbons (Fsp3) is 0.190. The molecule has 1 fully saturated rings. The summed E-state index contributed by atoms with van der Waals surface area (Å²) in [6, 6.07) is 12.3. The molecule has 8 heteroatoms. The van der Waals surface area contributed by atoms with Gasteiger partial charge in [0, 0.05) is 29.5 Å². The maximum absolute atomic E-state index is 12.8. The third-order valence-electron chi connectivity index (χ3n) is 5.41. The molecule has 0 saturated carbocycles. The molecular formula is C21H17N5O3. The highest BCUT2D eigenvalue weighted by atomic mass is 16.2. The van der Waals surface area contributed by atoms with E-state index in [0.29, 0.717) is 30.2 Å². The van der Waals surface area contributed by atoms with Crippen molar-refractivity contribution in [3.63, 3.8) is 0 Å². The van der Waals surface area contributed by atoms with E-state index in [9.17, 15) is 14.4 Å². The number of hydrogen-bond acceptors (Lipinski definition) is 6. The second-order valence-corrected chi connectivity index (χ2v) is 7.22. The van der Waals surface area contributed by atoms with Gasteiger partial charge in [-0.25, -0.2) is 9.97 Å². The Morgan fingerprint density at radius 1 is 1.07 bits per heavy atom. The lowest BCUT2D eigenvalue weighted by atomic mass is 10.0. The molecule has 5 rings (SSSR count). The van der Waals surface area contributed by atoms with Crippen molar-refractivity contribution in [3.8, 4) is 11.4 Å². The molecule has 3 amide bonds. The number of nitrogens with two attached hydrogens (primary N) is 1. The number of aromatic nitrogens is 2. The topological polar surface area (TPSA) is 118 Å². The van der Waals surface area contributed by atoms with Crippen LogP contribution in [0.5, 0.6) is 0 Å². The van der Waals surface area contributed by atoms with E-state index in [4.69, 9.17) is 5.73 Å². The second kappa shape index (κ2) is 6.37. The van der Waals surface area contributed by atoms with Crippen molar-refractivity contribution in [1.82, 2.24) is 20.2 Å². The average Bonchev–Trinajstić information content (AvgIpc) is 3.04. The first kappa shape index (κ1) is 17.3. The number of benzene rings is 2. The smallest absolute Gasteiger partial charge is 0.255 e. The van der Waals surface area contributed by atoms with Crippen LogP contribution in [-0.4, -0.2) is 38.6 Å². The van der Waals surface area contributed by atoms with Gasteiger partial charge >= 0.3 is 0 Å². The van der Waals surface area contributed by atoms with Gasteiger partial charge in [-0.3, -0.25) is 19.7 Å². The number of amides is 3. The second-order valence-electron chi connectivity index (χ2n) is 7.22. The summed E-state index contributed by atoms with van der Waals surface area (Å²) < 4.78 is 0. The van der Waals surface area contributed by atoms with Crippen LogP contribution in [0, 0.1) is 0 Å². The first-order chi connectivity index (χ1) is 14.0. The standard InChI is InChI=1S/C21H17N5O3/c22-18-14-3-1-2-4-15(14)23-19(25-18)11-5-6-13-12(9-11)10-26(21(13)29)16-7-8-17(27)24-20(16)28/h1-6,9,16H,7-8,10H2,(H2,22,23,25)(H,24,27,28). The number of nitrogen functional groups attached to an aromatic ring is 1. The molecule has 2 aromatic carbocycles. The van der Waals surface area contributed by atoms with Crippen LogP contribution < -0.4 is 11.1 Å². The molecule has 0 spiro atoms. The number of rotatable bonds is 2. The van der Waals surface area contributed by atoms with Crippen molar-refractivity contribution in [1.29, 1.82) is 0 Å². The summed E-state index contributed by atoms with van der Waals surface area (Å²) in [6.45, 7) is 0.303. The van der Waals surface area contributed by atoms with E-state index >= 15 is 0 Å². The van der Waals surface area contributed by atoms with Gasteiger partial charge in [-0.05, 0) is 36.2 Å². The molecule has 8 nitrogen and oxygen atoms in total. The summed E-state index contributed by atoms with van der Waals surface area (Å²) in [7, 11) is 0. The summed E-state index contributed by atoms with van der Waals surface area (Å²) in [4.78, 5) is 46.9. The number of fused-ring (bicyclic) bond motifs is 2. The van der Waals surface area contributed by atoms with E-state index in [0.717, 1.165) is 22.0 Å². The lowest BCUT2D eigenvalue weighted by molar-refractivity contribution is -0.136. The summed E-state index contributed by atoms with van der Waals surface area (Å²) >= 11 is 0. The van der Waals surface area contributed by atoms with Gasteiger partial charge < -0.3 is 10.6 Å². The third kappa shape index (κ3) is 2.80. The van der Waals surface area contributed by atoms with Crippen LogP contribution in [0.4, 0.5) is 5.82 Å². The van der Waals surface area contributed by atoms with Crippen LogP contribution >= 0.6 is 0 Å². The van der Waals surface area contributed by atoms with E-state index in [1.165, 1.54) is 4.90 Å². The van der Waals surface area contributed by atoms with Gasteiger partial charge in [0.2, 0.25) is 11.8 Å². The van der Waals surface area contributed by atoms with Crippen molar-refractivity contribution in [2.45, 2.75) is 25.4 Å². The van der Waals surface area contributed by atoms with E-state index in [1.807, 2.05) is 30.3 Å². The molecule has 3 N–H and O–H groups in total. The minimum atomic E-state index is -0.636. The average molecular weight is 387 g/mol. The highest BCUT2D eigenvalue weighted by Gasteiger charge is 2.39. The molecule has 1 atom stereocenters. The van der Waals surface area contributed by atoms with Gasteiger partial charge in [-0.2, -0.15) is 0 Å². The van der Waals surface area contributed by atoms with Gasteiger partial charge in [-0.1, -0.05) is 18.2 Å². The SMILES string of the molecule is Nc1nc(-c2ccc3c(c2)CN(C2CCC(=O)NC2=O)C3=O)nc2ccccc12. The van der Waals surface area contributed by atoms with Crippen LogP contribution in [0.1, 0.15) is 28.8 Å². The monoisotopic (exact) mass is 387 g/mol. The van der Waals surface area contributed by atoms with Crippen LogP contribution in [0.15, 0.2) is 42.5 Å². The number of para-hydroxylation sites is 1. The minimum Gasteiger partial charge on any atom is -0.383 e. The first-order valence-electron chi connectivity index (χ1n) is 9.31. The Morgan fingerprint density at radius 2 is 1.90 bits per heavy atom. The van der Waals surface area contributed by atoms with Crippen LogP contribution in [0.3, 0.4) is 0 Å². The summed E-state index contributed by atoms with van der Waals surface area (Å²) in [5.41, 5.74) is 8.93. The van der Waals surface area contributed by atoms with Crippen molar-refractivity contribution in [3.05, 3.63) is 53.6 Å². The maximum Gasteiger partial charge on any atom is 0.255 e. The molecule has 3 aromatic rings. The van der Waals surface area contributed by atoms with E-state index < -0.39 is 11.9 Å². The lowest BCUT2D eigenvalue weighted by Crippen LogP contribution is -2.52. The van der Waals surface area contributed by atoms with Crippen LogP contribution in [0.25, 0.3) is 22.3 Å². The lowest BCUT2D eigenvalue weighted by Gasteiger charge is -2.29. The zero-order valence-corrected chi connectivity index (χ0v) is 15.4. The number of carbonyl (C=O) groups excluding carboxylic acids is 3. The van der Waals surface area contributed by atoms with E-state index in [1.54, 1.807) is 12.1 Å². The number of nitrogens with one attached hydrogen (secondary N) is 1. The Hall–Kier alpha value is -3.81. The zero-order valence-electron chi connectivity index (χ0n) is 15.4. The van der Waals surface area contributed by atoms with Crippen molar-refractivity contribution in [2.24, 2.45) is 0 Å². The van der Waals surface area contributed by atoms with Gasteiger partial charge in [0.05, 0.1) is 5.52 Å².